The molecule has 125 valence electrons. The van der Waals surface area contributed by atoms with Crippen LogP contribution in [-0.4, -0.2) is 34.9 Å². The van der Waals surface area contributed by atoms with E-state index in [9.17, 15) is 0 Å². The second kappa shape index (κ2) is 10.2. The van der Waals surface area contributed by atoms with Crippen LogP contribution in [0, 0.1) is 5.92 Å². The second-order valence-corrected chi connectivity index (χ2v) is 16.3. The molecule has 2 nitrogen and oxygen atoms in total. The third-order valence-corrected chi connectivity index (χ3v) is 7.50. The Bertz CT molecular complexity index is 329. The number of aliphatic imine (C=N–C) groups is 1. The topological polar surface area (TPSA) is 15.6 Å². The van der Waals surface area contributed by atoms with Crippen molar-refractivity contribution in [3.05, 3.63) is 0 Å². The Hall–Kier alpha value is 1.30. The van der Waals surface area contributed by atoms with Gasteiger partial charge >= 0.3 is 41.5 Å². The van der Waals surface area contributed by atoms with E-state index in [0.29, 0.717) is 0 Å². The van der Waals surface area contributed by atoms with E-state index in [4.69, 9.17) is 35.1 Å². The Morgan fingerprint density at radius 1 is 1.10 bits per heavy atom. The third kappa shape index (κ3) is 6.75. The summed E-state index contributed by atoms with van der Waals surface area (Å²) < 4.78 is 2.76. The quantitative estimate of drug-likeness (QED) is 0.526. The predicted octanol–water partition coefficient (Wildman–Crippen LogP) is 5.90. The number of halogens is 3. The van der Waals surface area contributed by atoms with Gasteiger partial charge < -0.3 is 0 Å². The third-order valence-electron chi connectivity index (χ3n) is 4.06. The summed E-state index contributed by atoms with van der Waals surface area (Å²) >= 11 is -1.62. The van der Waals surface area contributed by atoms with Crippen LogP contribution < -0.4 is 0 Å². The van der Waals surface area contributed by atoms with Gasteiger partial charge in [-0.1, -0.05) is 0 Å². The van der Waals surface area contributed by atoms with E-state index in [-0.39, 0.29) is 0 Å². The molecule has 0 aliphatic carbocycles. The van der Waals surface area contributed by atoms with E-state index in [1.54, 1.807) is 0 Å². The van der Waals surface area contributed by atoms with Gasteiger partial charge in [0.15, 0.2) is 0 Å². The zero-order valence-electron chi connectivity index (χ0n) is 13.4. The summed E-state index contributed by atoms with van der Waals surface area (Å²) in [5, 5.41) is 0. The van der Waals surface area contributed by atoms with E-state index < -0.39 is 19.5 Å². The van der Waals surface area contributed by atoms with Gasteiger partial charge in [-0.3, -0.25) is 4.99 Å². The summed E-state index contributed by atoms with van der Waals surface area (Å²) in [6, 6.07) is 0. The van der Waals surface area contributed by atoms with Crippen molar-refractivity contribution >= 4 is 44.1 Å². The number of nitrogens with zero attached hydrogens (tertiary/aromatic N) is 2. The van der Waals surface area contributed by atoms with E-state index >= 15 is 0 Å². The molecule has 0 aromatic heterocycles. The number of amidine groups is 1. The Morgan fingerprint density at radius 2 is 1.62 bits per heavy atom. The Morgan fingerprint density at radius 3 is 2.14 bits per heavy atom. The van der Waals surface area contributed by atoms with Gasteiger partial charge in [0.05, 0.1) is 25.9 Å². The molecule has 1 saturated heterocycles. The van der Waals surface area contributed by atoms with Crippen LogP contribution in [0.15, 0.2) is 4.99 Å². The molecule has 2 aliphatic rings. The second-order valence-electron chi connectivity index (χ2n) is 6.28. The minimum atomic E-state index is -1.62. The van der Waals surface area contributed by atoms with Crippen LogP contribution in [0.4, 0.5) is 0 Å². The molecule has 2 aliphatic heterocycles. The maximum absolute atomic E-state index is 4.93. The molecule has 2 rings (SSSR count). The van der Waals surface area contributed by atoms with Crippen molar-refractivity contribution in [2.24, 2.45) is 10.9 Å². The number of rotatable bonds is 3. The Balaban J connectivity index is 0.000000491. The van der Waals surface area contributed by atoms with E-state index in [2.05, 4.69) is 32.4 Å². The molecule has 0 aromatic carbocycles. The van der Waals surface area contributed by atoms with Gasteiger partial charge in [0, 0.05) is 12.5 Å². The van der Waals surface area contributed by atoms with E-state index in [1.807, 2.05) is 0 Å². The number of fused-ring (bicyclic) bond motifs is 1. The van der Waals surface area contributed by atoms with Crippen LogP contribution in [0.5, 0.6) is 0 Å². The fourth-order valence-electron chi connectivity index (χ4n) is 3.53. The van der Waals surface area contributed by atoms with Crippen LogP contribution >= 0.6 is 38.2 Å². The van der Waals surface area contributed by atoms with Crippen molar-refractivity contribution in [1.82, 2.24) is 4.67 Å². The monoisotopic (exact) mass is 412 g/mol. The van der Waals surface area contributed by atoms with E-state index in [1.165, 1.54) is 38.1 Å². The summed E-state index contributed by atoms with van der Waals surface area (Å²) in [6.07, 6.45) is 5.48. The molecular weight excluding hydrogens is 385 g/mol. The summed E-state index contributed by atoms with van der Waals surface area (Å²) in [6.45, 7) is 12.0. The summed E-state index contributed by atoms with van der Waals surface area (Å²) in [7, 11) is 14.3. The van der Waals surface area contributed by atoms with Crippen molar-refractivity contribution in [3.8, 4) is 0 Å². The molecule has 7 heteroatoms. The van der Waals surface area contributed by atoms with Gasteiger partial charge in [-0.25, -0.2) is 4.67 Å². The molecule has 0 spiro atoms. The molecule has 1 atom stereocenters. The summed E-state index contributed by atoms with van der Waals surface area (Å²) in [5.41, 5.74) is 1.65. The molecule has 0 amide bonds. The zero-order valence-corrected chi connectivity index (χ0v) is 18.0. The van der Waals surface area contributed by atoms with Crippen LogP contribution in [0.25, 0.3) is 0 Å². The van der Waals surface area contributed by atoms with Crippen LogP contribution in [0.1, 0.15) is 53.4 Å². The van der Waals surface area contributed by atoms with Crippen LogP contribution in [-0.2, 0) is 11.4 Å². The van der Waals surface area contributed by atoms with Gasteiger partial charge in [0.25, 0.3) is 0 Å². The normalized spacial score (nSPS) is 22.3. The Kier molecular flexibility index (Phi) is 9.91. The van der Waals surface area contributed by atoms with Crippen molar-refractivity contribution < 1.29 is 11.4 Å². The number of hydrogen-bond donors (Lipinski definition) is 0. The summed E-state index contributed by atoms with van der Waals surface area (Å²) in [5.74, 6) is 2.30. The first-order chi connectivity index (χ1) is 9.84. The molecule has 0 N–H and O–H groups in total. The van der Waals surface area contributed by atoms with Crippen LogP contribution in [0.2, 0.25) is 0 Å². The van der Waals surface area contributed by atoms with Crippen molar-refractivity contribution in [2.45, 2.75) is 64.7 Å². The number of hydrogen-bond acceptors (Lipinski definition) is 2. The molecule has 0 bridgehead atoms. The first-order valence-electron chi connectivity index (χ1n) is 7.76. The molecule has 0 aromatic rings. The first-order valence-corrected chi connectivity index (χ1v) is 14.6. The predicted molar refractivity (Wildman–Crippen MR) is 97.1 cm³/mol. The molecule has 2 heterocycles. The van der Waals surface area contributed by atoms with Gasteiger partial charge in [-0.15, -0.1) is 0 Å². The van der Waals surface area contributed by atoms with Gasteiger partial charge in [-0.2, -0.15) is 0 Å². The average Bonchev–Trinajstić information content (AvgIpc) is 2.37. The first kappa shape index (κ1) is 20.3. The SMILES string of the molecule is CC(C)[PH+](C(C)C)N1CCCC2CCCN=C21.[Cl][Cr]([Cl])[Cl]. The molecule has 21 heavy (non-hydrogen) atoms. The molecule has 1 fully saturated rings. The molecule has 1 unspecified atom stereocenters. The van der Waals surface area contributed by atoms with Gasteiger partial charge in [0.1, 0.15) is 5.84 Å². The standard InChI is InChI=1S/C14H27N2P.3ClH.Cr/c1-11(2)17(12(3)4)16-10-6-8-13-7-5-9-15-14(13)16;;;;/h11-13H,5-10H2,1-4H3;3*1H;/q;;;;+3/p-2. The molecular formula is C14H28Cl3CrN2P+. The van der Waals surface area contributed by atoms with Crippen molar-refractivity contribution in [1.29, 1.82) is 0 Å². The van der Waals surface area contributed by atoms with Gasteiger partial charge in [-0.05, 0) is 53.4 Å². The fraction of sp³-hybridized carbons (Fsp3) is 0.929. The van der Waals surface area contributed by atoms with E-state index in [0.717, 1.165) is 23.8 Å². The maximum atomic E-state index is 4.93. The van der Waals surface area contributed by atoms with Crippen molar-refractivity contribution in [3.63, 3.8) is 0 Å². The Labute approximate surface area is 148 Å². The number of piperidine rings is 1. The molecule has 0 saturated carbocycles. The zero-order chi connectivity index (χ0) is 16.0. The fourth-order valence-corrected chi connectivity index (χ4v) is 7.04. The van der Waals surface area contributed by atoms with Gasteiger partial charge in [0.2, 0.25) is 0 Å². The van der Waals surface area contributed by atoms with Crippen LogP contribution in [0.3, 0.4) is 0 Å². The average molecular weight is 414 g/mol. The minimum absolute atomic E-state index is 0.446. The van der Waals surface area contributed by atoms with Crippen molar-refractivity contribution in [2.75, 3.05) is 13.1 Å². The molecule has 0 radical (unpaired) electrons. The summed E-state index contributed by atoms with van der Waals surface area (Å²) in [4.78, 5) is 4.89.